The zero-order valence-corrected chi connectivity index (χ0v) is 15.0. The quantitative estimate of drug-likeness (QED) is 0.405. The van der Waals surface area contributed by atoms with Gasteiger partial charge >= 0.3 is 5.97 Å². The van der Waals surface area contributed by atoms with Gasteiger partial charge in [0.15, 0.2) is 0 Å². The summed E-state index contributed by atoms with van der Waals surface area (Å²) in [4.78, 5) is 12.6. The lowest BCUT2D eigenvalue weighted by Crippen LogP contribution is -2.03. The number of carbonyl (C=O) groups is 1. The molecular formula is C19H18ClN3O3. The number of aromatic nitrogens is 3. The van der Waals surface area contributed by atoms with Gasteiger partial charge in [0.2, 0.25) is 0 Å². The molecule has 26 heavy (non-hydrogen) atoms. The van der Waals surface area contributed by atoms with Gasteiger partial charge in [0, 0.05) is 11.1 Å². The number of hydrogen-bond donors (Lipinski definition) is 1. The van der Waals surface area contributed by atoms with Crippen molar-refractivity contribution >= 4 is 28.6 Å². The van der Waals surface area contributed by atoms with E-state index in [9.17, 15) is 9.90 Å². The van der Waals surface area contributed by atoms with Crippen LogP contribution in [0.25, 0.3) is 16.7 Å². The molecule has 1 aromatic heterocycles. The van der Waals surface area contributed by atoms with Crippen molar-refractivity contribution in [2.24, 2.45) is 0 Å². The number of esters is 1. The van der Waals surface area contributed by atoms with Crippen LogP contribution in [0.15, 0.2) is 48.6 Å². The van der Waals surface area contributed by atoms with Gasteiger partial charge in [0.05, 0.1) is 6.61 Å². The van der Waals surface area contributed by atoms with Gasteiger partial charge in [-0.3, -0.25) is 0 Å². The number of ether oxygens (including phenoxy) is 1. The van der Waals surface area contributed by atoms with Crippen LogP contribution in [-0.4, -0.2) is 32.7 Å². The number of halogens is 1. The maximum atomic E-state index is 11.2. The SMILES string of the molecule is CC=CC(=O)OCCCc1ccc(-n2nc3ccc(Cl)cc3n2)c(O)c1. The smallest absolute Gasteiger partial charge is 0.330 e. The minimum Gasteiger partial charge on any atom is -0.506 e. The maximum Gasteiger partial charge on any atom is 0.330 e. The second kappa shape index (κ2) is 8.01. The summed E-state index contributed by atoms with van der Waals surface area (Å²) < 4.78 is 5.05. The average Bonchev–Trinajstić information content (AvgIpc) is 3.01. The first kappa shape index (κ1) is 17.9. The van der Waals surface area contributed by atoms with Gasteiger partial charge in [0.25, 0.3) is 0 Å². The Balaban J connectivity index is 1.68. The van der Waals surface area contributed by atoms with Crippen LogP contribution in [0.4, 0.5) is 0 Å². The molecule has 0 fully saturated rings. The molecule has 6 nitrogen and oxygen atoms in total. The zero-order valence-electron chi connectivity index (χ0n) is 14.2. The van der Waals surface area contributed by atoms with Crippen LogP contribution in [0, 0.1) is 0 Å². The van der Waals surface area contributed by atoms with Crippen molar-refractivity contribution < 1.29 is 14.6 Å². The first-order valence-electron chi connectivity index (χ1n) is 8.21. The number of fused-ring (bicyclic) bond motifs is 1. The fourth-order valence-electron chi connectivity index (χ4n) is 2.52. The van der Waals surface area contributed by atoms with Crippen molar-refractivity contribution in [3.05, 3.63) is 59.1 Å². The van der Waals surface area contributed by atoms with Crippen LogP contribution in [0.3, 0.4) is 0 Å². The summed E-state index contributed by atoms with van der Waals surface area (Å²) in [5.74, 6) is -0.262. The third-order valence-electron chi connectivity index (χ3n) is 3.75. The van der Waals surface area contributed by atoms with Gasteiger partial charge in [-0.05, 0) is 55.7 Å². The Hall–Kier alpha value is -2.86. The number of rotatable bonds is 6. The van der Waals surface area contributed by atoms with Gasteiger partial charge in [-0.25, -0.2) is 4.79 Å². The standard InChI is InChI=1S/C19H18ClN3O3/c1-2-4-19(25)26-10-3-5-13-6-9-17(18(24)11-13)23-21-15-8-7-14(20)12-16(15)22-23/h2,4,6-9,11-12,24H,3,5,10H2,1H3. The number of allylic oxidation sites excluding steroid dienone is 1. The number of carbonyl (C=O) groups excluding carboxylic acids is 1. The fraction of sp³-hybridized carbons (Fsp3) is 0.211. The molecule has 134 valence electrons. The molecule has 7 heteroatoms. The van der Waals surface area contributed by atoms with Crippen LogP contribution in [0.5, 0.6) is 5.75 Å². The van der Waals surface area contributed by atoms with E-state index in [1.54, 1.807) is 43.3 Å². The Kier molecular flexibility index (Phi) is 5.53. The Morgan fingerprint density at radius 1 is 1.23 bits per heavy atom. The molecule has 3 rings (SSSR count). The Bertz CT molecular complexity index is 966. The monoisotopic (exact) mass is 371 g/mol. The lowest BCUT2D eigenvalue weighted by Gasteiger charge is -2.07. The number of nitrogens with zero attached hydrogens (tertiary/aromatic N) is 3. The average molecular weight is 372 g/mol. The largest absolute Gasteiger partial charge is 0.506 e. The Morgan fingerprint density at radius 3 is 2.81 bits per heavy atom. The highest BCUT2D eigenvalue weighted by Crippen LogP contribution is 2.24. The number of phenols is 1. The van der Waals surface area contributed by atoms with E-state index in [0.29, 0.717) is 41.2 Å². The minimum atomic E-state index is -0.345. The highest BCUT2D eigenvalue weighted by molar-refractivity contribution is 6.31. The van der Waals surface area contributed by atoms with E-state index in [1.807, 2.05) is 6.07 Å². The molecule has 0 aliphatic rings. The topological polar surface area (TPSA) is 77.2 Å². The van der Waals surface area contributed by atoms with Crippen molar-refractivity contribution in [3.8, 4) is 11.4 Å². The summed E-state index contributed by atoms with van der Waals surface area (Å²) in [5, 5.41) is 19.6. The van der Waals surface area contributed by atoms with Crippen LogP contribution in [0.2, 0.25) is 5.02 Å². The highest BCUT2D eigenvalue weighted by atomic mass is 35.5. The van der Waals surface area contributed by atoms with E-state index >= 15 is 0 Å². The van der Waals surface area contributed by atoms with Crippen molar-refractivity contribution in [1.29, 1.82) is 0 Å². The maximum absolute atomic E-state index is 11.2. The number of benzene rings is 2. The summed E-state index contributed by atoms with van der Waals surface area (Å²) in [6.07, 6.45) is 4.38. The van der Waals surface area contributed by atoms with Crippen LogP contribution < -0.4 is 0 Å². The first-order chi connectivity index (χ1) is 12.6. The Morgan fingerprint density at radius 2 is 2.04 bits per heavy atom. The molecule has 0 saturated carbocycles. The molecule has 0 aliphatic carbocycles. The number of aryl methyl sites for hydroxylation is 1. The number of aromatic hydroxyl groups is 1. The van der Waals surface area contributed by atoms with E-state index in [1.165, 1.54) is 10.9 Å². The molecule has 0 spiro atoms. The van der Waals surface area contributed by atoms with E-state index < -0.39 is 0 Å². The van der Waals surface area contributed by atoms with Crippen molar-refractivity contribution in [3.63, 3.8) is 0 Å². The second-order valence-electron chi connectivity index (χ2n) is 5.72. The third-order valence-corrected chi connectivity index (χ3v) is 3.99. The molecule has 1 N–H and O–H groups in total. The summed E-state index contributed by atoms with van der Waals surface area (Å²) in [5.41, 5.74) is 2.78. The van der Waals surface area contributed by atoms with Gasteiger partial charge in [-0.15, -0.1) is 15.0 Å². The van der Waals surface area contributed by atoms with Gasteiger partial charge in [-0.2, -0.15) is 0 Å². The molecule has 0 atom stereocenters. The summed E-state index contributed by atoms with van der Waals surface area (Å²) >= 11 is 5.96. The molecule has 0 bridgehead atoms. The molecule has 0 radical (unpaired) electrons. The summed E-state index contributed by atoms with van der Waals surface area (Å²) in [6.45, 7) is 2.09. The fourth-order valence-corrected chi connectivity index (χ4v) is 2.69. The van der Waals surface area contributed by atoms with Gasteiger partial charge < -0.3 is 9.84 Å². The van der Waals surface area contributed by atoms with Gasteiger partial charge in [0.1, 0.15) is 22.5 Å². The molecule has 2 aromatic carbocycles. The summed E-state index contributed by atoms with van der Waals surface area (Å²) in [6, 6.07) is 10.6. The molecule has 0 unspecified atom stereocenters. The van der Waals surface area contributed by atoms with Crippen LogP contribution in [-0.2, 0) is 16.0 Å². The van der Waals surface area contributed by atoms with Crippen molar-refractivity contribution in [2.45, 2.75) is 19.8 Å². The number of hydrogen-bond acceptors (Lipinski definition) is 5. The zero-order chi connectivity index (χ0) is 18.5. The highest BCUT2D eigenvalue weighted by Gasteiger charge is 2.10. The lowest BCUT2D eigenvalue weighted by molar-refractivity contribution is -0.137. The lowest BCUT2D eigenvalue weighted by atomic mass is 10.1. The predicted octanol–water partition coefficient (Wildman–Crippen LogP) is 3.83. The van der Waals surface area contributed by atoms with Crippen molar-refractivity contribution in [1.82, 2.24) is 15.0 Å². The predicted molar refractivity (Wildman–Crippen MR) is 99.6 cm³/mol. The van der Waals surface area contributed by atoms with Gasteiger partial charge in [-0.1, -0.05) is 23.7 Å². The second-order valence-corrected chi connectivity index (χ2v) is 6.15. The first-order valence-corrected chi connectivity index (χ1v) is 8.59. The van der Waals surface area contributed by atoms with Crippen LogP contribution >= 0.6 is 11.6 Å². The molecule has 0 amide bonds. The normalized spacial score (nSPS) is 11.3. The van der Waals surface area contributed by atoms with E-state index in [2.05, 4.69) is 10.2 Å². The minimum absolute atomic E-state index is 0.0832. The molecule has 1 heterocycles. The summed E-state index contributed by atoms with van der Waals surface area (Å²) in [7, 11) is 0. The molecule has 0 saturated heterocycles. The molecular weight excluding hydrogens is 354 g/mol. The van der Waals surface area contributed by atoms with Crippen LogP contribution in [0.1, 0.15) is 18.9 Å². The molecule has 3 aromatic rings. The molecule has 0 aliphatic heterocycles. The van der Waals surface area contributed by atoms with Crippen molar-refractivity contribution in [2.75, 3.05) is 6.61 Å². The van der Waals surface area contributed by atoms with E-state index in [4.69, 9.17) is 16.3 Å². The van der Waals surface area contributed by atoms with E-state index in [0.717, 1.165) is 5.56 Å². The Labute approximate surface area is 155 Å². The van der Waals surface area contributed by atoms with E-state index in [-0.39, 0.29) is 11.7 Å². The third kappa shape index (κ3) is 4.21. The number of phenolic OH excluding ortho intramolecular Hbond substituents is 1.